The van der Waals surface area contributed by atoms with Gasteiger partial charge in [-0.3, -0.25) is 0 Å². The van der Waals surface area contributed by atoms with Crippen LogP contribution in [0.4, 0.5) is 0 Å². The van der Waals surface area contributed by atoms with Crippen molar-refractivity contribution in [2.45, 2.75) is 55.4 Å². The molecule has 0 radical (unpaired) electrons. The van der Waals surface area contributed by atoms with Crippen LogP contribution in [0.15, 0.2) is 0 Å². The molecule has 0 unspecified atom stereocenters. The zero-order chi connectivity index (χ0) is 19.5. The maximum Gasteiger partial charge on any atom is 0.169 e. The predicted molar refractivity (Wildman–Crippen MR) is 112 cm³/mol. The Bertz CT molecular complexity index is 985. The first kappa shape index (κ1) is 18.6. The van der Waals surface area contributed by atoms with Crippen LogP contribution in [0, 0.1) is 55.4 Å². The molecule has 0 aliphatic heterocycles. The molecule has 0 aliphatic rings. The molecule has 3 aromatic rings. The van der Waals surface area contributed by atoms with E-state index in [1.165, 1.54) is 66.1 Å². The average molecular weight is 351 g/mol. The van der Waals surface area contributed by atoms with Gasteiger partial charge in [0.2, 0.25) is 0 Å². The molecule has 0 aliphatic carbocycles. The van der Waals surface area contributed by atoms with E-state index in [0.717, 1.165) is 11.5 Å². The summed E-state index contributed by atoms with van der Waals surface area (Å²) >= 11 is 0. The minimum absolute atomic E-state index is 0.851. The standard InChI is InChI=1S/C24H30O2/c1-11-13(3)17(7)21-19(15(11)5)20-16(6)12(2)14(4)18(8)22(20)24(26-10)23(21)25-9/h1-10H3. The first-order valence-corrected chi connectivity index (χ1v) is 9.22. The lowest BCUT2D eigenvalue weighted by Crippen LogP contribution is -2.03. The van der Waals surface area contributed by atoms with Crippen molar-refractivity contribution in [3.63, 3.8) is 0 Å². The summed E-state index contributed by atoms with van der Waals surface area (Å²) in [6.07, 6.45) is 0. The third-order valence-electron chi connectivity index (χ3n) is 6.69. The van der Waals surface area contributed by atoms with Gasteiger partial charge in [-0.25, -0.2) is 0 Å². The van der Waals surface area contributed by atoms with Gasteiger partial charge in [-0.15, -0.1) is 0 Å². The van der Waals surface area contributed by atoms with Crippen molar-refractivity contribution in [2.24, 2.45) is 0 Å². The highest BCUT2D eigenvalue weighted by atomic mass is 16.5. The van der Waals surface area contributed by atoms with Crippen LogP contribution in [0.5, 0.6) is 11.5 Å². The van der Waals surface area contributed by atoms with Gasteiger partial charge in [-0.05, 0) is 111 Å². The molecular weight excluding hydrogens is 320 g/mol. The molecule has 0 spiro atoms. The second-order valence-electron chi connectivity index (χ2n) is 7.57. The molecule has 2 heteroatoms. The van der Waals surface area contributed by atoms with Crippen molar-refractivity contribution < 1.29 is 9.47 Å². The number of hydrogen-bond acceptors (Lipinski definition) is 2. The highest BCUT2D eigenvalue weighted by Gasteiger charge is 2.24. The van der Waals surface area contributed by atoms with Gasteiger partial charge in [0.25, 0.3) is 0 Å². The average Bonchev–Trinajstić information content (AvgIpc) is 2.64. The van der Waals surface area contributed by atoms with Crippen molar-refractivity contribution in [2.75, 3.05) is 14.2 Å². The monoisotopic (exact) mass is 350 g/mol. The summed E-state index contributed by atoms with van der Waals surface area (Å²) in [5.41, 5.74) is 10.6. The Hall–Kier alpha value is -2.22. The lowest BCUT2D eigenvalue weighted by Gasteiger charge is -2.24. The van der Waals surface area contributed by atoms with Gasteiger partial charge in [0.1, 0.15) is 0 Å². The molecule has 0 fully saturated rings. The molecule has 3 aromatic carbocycles. The lowest BCUT2D eigenvalue weighted by molar-refractivity contribution is 0.362. The number of hydrogen-bond donors (Lipinski definition) is 0. The van der Waals surface area contributed by atoms with Gasteiger partial charge in [0.05, 0.1) is 14.2 Å². The van der Waals surface area contributed by atoms with Crippen LogP contribution >= 0.6 is 0 Å². The molecule has 138 valence electrons. The highest BCUT2D eigenvalue weighted by molar-refractivity contribution is 6.19. The Kier molecular flexibility index (Phi) is 4.42. The Morgan fingerprint density at radius 2 is 0.577 bits per heavy atom. The van der Waals surface area contributed by atoms with Gasteiger partial charge < -0.3 is 9.47 Å². The summed E-state index contributed by atoms with van der Waals surface area (Å²) in [5, 5.41) is 4.98. The normalized spacial score (nSPS) is 11.5. The van der Waals surface area contributed by atoms with Gasteiger partial charge in [0, 0.05) is 10.8 Å². The topological polar surface area (TPSA) is 18.5 Å². The van der Waals surface area contributed by atoms with E-state index in [0.29, 0.717) is 0 Å². The molecule has 0 N–H and O–H groups in total. The van der Waals surface area contributed by atoms with Gasteiger partial charge in [-0.1, -0.05) is 0 Å². The molecule has 0 bridgehead atoms. The minimum Gasteiger partial charge on any atom is -0.492 e. The quantitative estimate of drug-likeness (QED) is 0.493. The Labute approximate surface area is 157 Å². The number of methoxy groups -OCH3 is 2. The Balaban J connectivity index is 2.89. The molecule has 0 aromatic heterocycles. The molecule has 0 amide bonds. The van der Waals surface area contributed by atoms with E-state index in [-0.39, 0.29) is 0 Å². The fraction of sp³-hybridized carbons (Fsp3) is 0.417. The van der Waals surface area contributed by atoms with Gasteiger partial charge >= 0.3 is 0 Å². The van der Waals surface area contributed by atoms with E-state index in [9.17, 15) is 0 Å². The number of aryl methyl sites for hydroxylation is 4. The Morgan fingerprint density at radius 3 is 0.808 bits per heavy atom. The fourth-order valence-electron chi connectivity index (χ4n) is 4.43. The first-order chi connectivity index (χ1) is 12.2. The number of fused-ring (bicyclic) bond motifs is 3. The van der Waals surface area contributed by atoms with Crippen LogP contribution < -0.4 is 9.47 Å². The summed E-state index contributed by atoms with van der Waals surface area (Å²) in [6.45, 7) is 17.7. The van der Waals surface area contributed by atoms with Crippen LogP contribution in [0.1, 0.15) is 44.5 Å². The van der Waals surface area contributed by atoms with Crippen LogP contribution in [0.3, 0.4) is 0 Å². The first-order valence-electron chi connectivity index (χ1n) is 9.22. The van der Waals surface area contributed by atoms with Crippen molar-refractivity contribution in [3.05, 3.63) is 44.5 Å². The lowest BCUT2D eigenvalue weighted by atomic mass is 9.83. The molecule has 0 saturated heterocycles. The summed E-state index contributed by atoms with van der Waals surface area (Å²) < 4.78 is 11.9. The van der Waals surface area contributed by atoms with E-state index in [2.05, 4.69) is 55.4 Å². The summed E-state index contributed by atoms with van der Waals surface area (Å²) in [4.78, 5) is 0. The van der Waals surface area contributed by atoms with E-state index < -0.39 is 0 Å². The smallest absolute Gasteiger partial charge is 0.169 e. The predicted octanol–water partition coefficient (Wildman–Crippen LogP) is 6.48. The zero-order valence-corrected chi connectivity index (χ0v) is 17.8. The van der Waals surface area contributed by atoms with Crippen LogP contribution in [-0.2, 0) is 0 Å². The molecule has 2 nitrogen and oxygen atoms in total. The van der Waals surface area contributed by atoms with Crippen molar-refractivity contribution >= 4 is 21.5 Å². The minimum atomic E-state index is 0.851. The van der Waals surface area contributed by atoms with Gasteiger partial charge in [0.15, 0.2) is 11.5 Å². The molecule has 0 heterocycles. The summed E-state index contributed by atoms with van der Waals surface area (Å²) in [5.74, 6) is 1.70. The number of ether oxygens (including phenoxy) is 2. The second kappa shape index (κ2) is 6.19. The highest BCUT2D eigenvalue weighted by Crippen LogP contribution is 2.50. The van der Waals surface area contributed by atoms with E-state index in [1.807, 2.05) is 0 Å². The number of rotatable bonds is 2. The fourth-order valence-corrected chi connectivity index (χ4v) is 4.43. The van der Waals surface area contributed by atoms with Crippen LogP contribution in [0.2, 0.25) is 0 Å². The molecule has 0 saturated carbocycles. The zero-order valence-electron chi connectivity index (χ0n) is 17.8. The largest absolute Gasteiger partial charge is 0.492 e. The Morgan fingerprint density at radius 1 is 0.346 bits per heavy atom. The molecule has 0 atom stereocenters. The van der Waals surface area contributed by atoms with Crippen molar-refractivity contribution in [3.8, 4) is 11.5 Å². The van der Waals surface area contributed by atoms with Crippen molar-refractivity contribution in [1.82, 2.24) is 0 Å². The second-order valence-corrected chi connectivity index (χ2v) is 7.57. The maximum atomic E-state index is 5.93. The summed E-state index contributed by atoms with van der Waals surface area (Å²) in [6, 6.07) is 0. The molecule has 26 heavy (non-hydrogen) atoms. The van der Waals surface area contributed by atoms with E-state index in [4.69, 9.17) is 9.47 Å². The molecular formula is C24H30O2. The van der Waals surface area contributed by atoms with E-state index >= 15 is 0 Å². The van der Waals surface area contributed by atoms with Crippen molar-refractivity contribution in [1.29, 1.82) is 0 Å². The van der Waals surface area contributed by atoms with Crippen LogP contribution in [0.25, 0.3) is 21.5 Å². The number of benzene rings is 3. The summed E-state index contributed by atoms with van der Waals surface area (Å²) in [7, 11) is 3.49. The maximum absolute atomic E-state index is 5.93. The van der Waals surface area contributed by atoms with Crippen LogP contribution in [-0.4, -0.2) is 14.2 Å². The van der Waals surface area contributed by atoms with Gasteiger partial charge in [-0.2, -0.15) is 0 Å². The van der Waals surface area contributed by atoms with E-state index in [1.54, 1.807) is 14.2 Å². The molecule has 3 rings (SSSR count). The third kappa shape index (κ3) is 2.17. The SMILES string of the molecule is COc1c(OC)c2c(C)c(C)c(C)c(C)c2c2c(C)c(C)c(C)c(C)c12. The third-order valence-corrected chi connectivity index (χ3v) is 6.69.